The molecule has 5 N–H and O–H groups in total. The molecule has 2 fully saturated rings. The van der Waals surface area contributed by atoms with Crippen LogP contribution in [0.1, 0.15) is 118 Å². The summed E-state index contributed by atoms with van der Waals surface area (Å²) >= 11 is 1.65. The van der Waals surface area contributed by atoms with Crippen molar-refractivity contribution in [1.29, 1.82) is 0 Å². The molecular weight excluding hydrogens is 926 g/mol. The van der Waals surface area contributed by atoms with Crippen molar-refractivity contribution in [2.24, 2.45) is 10.7 Å². The maximum Gasteiger partial charge on any atom is 0.264 e. The Balaban J connectivity index is 0.000000325. The van der Waals surface area contributed by atoms with Gasteiger partial charge in [0.05, 0.1) is 41.3 Å². The molecule has 2 saturated heterocycles. The van der Waals surface area contributed by atoms with Crippen LogP contribution in [0.5, 0.6) is 0 Å². The Labute approximate surface area is 408 Å². The number of alkyl halides is 2. The number of hydrogen-bond donors (Lipinski definition) is 4. The van der Waals surface area contributed by atoms with Crippen LogP contribution in [-0.4, -0.2) is 112 Å². The van der Waals surface area contributed by atoms with Gasteiger partial charge in [-0.2, -0.15) is 5.10 Å². The van der Waals surface area contributed by atoms with Gasteiger partial charge in [0.2, 0.25) is 26.3 Å². The SMILES string of the molecule is CC(=O)N1CCc2c(c(N3CCCc4cc(/C(C=NCC(=O)NCC(=O)N5CCC(O)C5)=C/N)c(C(F)F)cc43)nn2C2CCOCC2)C1.CCC.Cc1ncsc1-c1ccc([C@H](C)NP=O)cc1. The number of aliphatic hydroxyl groups is 1. The van der Waals surface area contributed by atoms with Gasteiger partial charge in [-0.25, -0.2) is 18.9 Å². The molecule has 4 aliphatic rings. The molecule has 1 unspecified atom stereocenters. The lowest BCUT2D eigenvalue weighted by Crippen LogP contribution is -2.40. The van der Waals surface area contributed by atoms with E-state index in [1.165, 1.54) is 40.2 Å². The van der Waals surface area contributed by atoms with E-state index in [1.54, 1.807) is 29.2 Å². The molecular formula is C49H65F2N10O6PS. The minimum Gasteiger partial charge on any atom is -0.404 e. The molecule has 20 heteroatoms. The number of rotatable bonds is 13. The zero-order valence-electron chi connectivity index (χ0n) is 40.1. The van der Waals surface area contributed by atoms with Gasteiger partial charge >= 0.3 is 0 Å². The number of allylic oxidation sites excluding steroid dienone is 1. The maximum atomic E-state index is 14.7. The van der Waals surface area contributed by atoms with Crippen LogP contribution in [0, 0.1) is 6.92 Å². The highest BCUT2D eigenvalue weighted by molar-refractivity contribution is 7.21. The summed E-state index contributed by atoms with van der Waals surface area (Å²) in [7, 11) is -0.0351. The summed E-state index contributed by atoms with van der Waals surface area (Å²) in [5.41, 5.74) is 14.9. The molecule has 2 atom stereocenters. The number of ether oxygens (including phenoxy) is 1. The number of amides is 3. The number of nitrogens with one attached hydrogen (secondary N) is 2. The van der Waals surface area contributed by atoms with Gasteiger partial charge in [0.1, 0.15) is 6.54 Å². The molecule has 8 rings (SSSR count). The van der Waals surface area contributed by atoms with Crippen LogP contribution in [0.2, 0.25) is 0 Å². The standard InChI is InChI=1S/C34H44F2N8O5.C12H13N2OPS.C3H8/c1-21(45)41-10-5-29-28(20-41)34(40-44(29)24-6-11-49-12-7-24)43-8-2-3-22-13-26(27(33(35)36)14-30(22)43)23(15-37)16-38-17-31(47)39-18-32(48)42-9-4-25(46)19-42;1-8(14-16-15)10-3-5-11(6-4-10)12-9(2)13-7-17-12;1-3-2/h13-16,24-25,33,46H,2-12,17-20,37H2,1H3,(H,39,47);3-8H,1-2H3,(H,14,15);3H2,1-2H3/b23-15+,38-16?;;/t;8-;/m.0./s1. The van der Waals surface area contributed by atoms with E-state index in [1.807, 2.05) is 24.3 Å². The minimum absolute atomic E-state index is 0.0179. The highest BCUT2D eigenvalue weighted by Crippen LogP contribution is 2.43. The average Bonchev–Trinajstić information content (AvgIpc) is 4.10. The lowest BCUT2D eigenvalue weighted by Gasteiger charge is -2.33. The first-order valence-corrected chi connectivity index (χ1v) is 25.4. The number of likely N-dealkylation sites (tertiary alicyclic amines) is 1. The molecule has 3 amide bonds. The molecule has 4 aromatic rings. The van der Waals surface area contributed by atoms with E-state index < -0.39 is 18.4 Å². The van der Waals surface area contributed by atoms with Gasteiger partial charge in [0.15, 0.2) is 5.82 Å². The summed E-state index contributed by atoms with van der Waals surface area (Å²) in [5, 5.41) is 20.1. The predicted octanol–water partition coefficient (Wildman–Crippen LogP) is 7.63. The largest absolute Gasteiger partial charge is 0.404 e. The highest BCUT2D eigenvalue weighted by Gasteiger charge is 2.34. The third kappa shape index (κ3) is 13.5. The fourth-order valence-corrected chi connectivity index (χ4v) is 9.96. The molecule has 0 aliphatic carbocycles. The summed E-state index contributed by atoms with van der Waals surface area (Å²) in [6, 6.07) is 11.7. The molecule has 0 bridgehead atoms. The van der Waals surface area contributed by atoms with Gasteiger partial charge in [-0.1, -0.05) is 44.5 Å². The number of β-amino-alcohol motifs (C(OH)–C–C–N with tert-alkyl or cyclic N) is 1. The Morgan fingerprint density at radius 3 is 2.43 bits per heavy atom. The van der Waals surface area contributed by atoms with Crippen LogP contribution in [0.25, 0.3) is 16.0 Å². The molecule has 0 spiro atoms. The summed E-state index contributed by atoms with van der Waals surface area (Å²) in [5.74, 6) is -0.130. The second-order valence-corrected chi connectivity index (χ2v) is 18.8. The van der Waals surface area contributed by atoms with E-state index in [4.69, 9.17) is 15.6 Å². The van der Waals surface area contributed by atoms with Crippen molar-refractivity contribution in [1.82, 2.24) is 35.0 Å². The number of hydrogen-bond acceptors (Lipinski definition) is 12. The number of aryl methyl sites for hydroxylation is 2. The summed E-state index contributed by atoms with van der Waals surface area (Å²) < 4.78 is 47.6. The molecule has 2 aromatic heterocycles. The first-order chi connectivity index (χ1) is 33.3. The molecule has 6 heterocycles. The van der Waals surface area contributed by atoms with Crippen molar-refractivity contribution in [3.63, 3.8) is 0 Å². The Kier molecular flexibility index (Phi) is 19.5. The van der Waals surface area contributed by atoms with Crippen LogP contribution in [-0.2, 0) is 43.1 Å². The van der Waals surface area contributed by atoms with Crippen LogP contribution < -0.4 is 21.0 Å². The van der Waals surface area contributed by atoms with Crippen LogP contribution in [0.4, 0.5) is 20.3 Å². The summed E-state index contributed by atoms with van der Waals surface area (Å²) in [6.45, 7) is 12.8. The smallest absolute Gasteiger partial charge is 0.264 e. The average molecular weight is 991 g/mol. The monoisotopic (exact) mass is 990 g/mol. The van der Waals surface area contributed by atoms with Crippen molar-refractivity contribution in [2.75, 3.05) is 57.4 Å². The van der Waals surface area contributed by atoms with Crippen LogP contribution in [0.15, 0.2) is 53.1 Å². The molecule has 0 saturated carbocycles. The zero-order valence-corrected chi connectivity index (χ0v) is 41.8. The normalized spacial score (nSPS) is 17.8. The second kappa shape index (κ2) is 25.4. The molecule has 16 nitrogen and oxygen atoms in total. The first-order valence-electron chi connectivity index (χ1n) is 23.7. The van der Waals surface area contributed by atoms with Crippen molar-refractivity contribution in [3.8, 4) is 10.4 Å². The highest BCUT2D eigenvalue weighted by atomic mass is 32.1. The minimum atomic E-state index is -2.83. The Morgan fingerprint density at radius 2 is 1.81 bits per heavy atom. The predicted molar refractivity (Wildman–Crippen MR) is 266 cm³/mol. The lowest BCUT2D eigenvalue weighted by molar-refractivity contribution is -0.132. The topological polar surface area (TPSA) is 201 Å². The summed E-state index contributed by atoms with van der Waals surface area (Å²) in [6.07, 6.45) is 4.62. The number of fused-ring (bicyclic) bond motifs is 2. The van der Waals surface area contributed by atoms with Gasteiger partial charge in [0, 0.05) is 99.3 Å². The zero-order chi connectivity index (χ0) is 49.6. The van der Waals surface area contributed by atoms with E-state index in [9.17, 15) is 32.8 Å². The van der Waals surface area contributed by atoms with Crippen molar-refractivity contribution in [2.45, 2.75) is 111 Å². The molecule has 4 aliphatic heterocycles. The Hall–Kier alpha value is -5.46. The van der Waals surface area contributed by atoms with Gasteiger partial charge in [-0.3, -0.25) is 28.6 Å². The van der Waals surface area contributed by atoms with Gasteiger partial charge in [-0.05, 0) is 80.3 Å². The number of halogens is 2. The van der Waals surface area contributed by atoms with Gasteiger partial charge < -0.3 is 35.6 Å². The van der Waals surface area contributed by atoms with Gasteiger partial charge in [0.25, 0.3) is 6.43 Å². The lowest BCUT2D eigenvalue weighted by atomic mass is 9.92. The molecule has 0 radical (unpaired) electrons. The fourth-order valence-electron chi connectivity index (χ4n) is 8.84. The number of aliphatic hydroxyl groups excluding tert-OH is 1. The summed E-state index contributed by atoms with van der Waals surface area (Å²) in [4.78, 5) is 51.9. The number of aromatic nitrogens is 3. The Morgan fingerprint density at radius 1 is 1.07 bits per heavy atom. The number of benzene rings is 2. The van der Waals surface area contributed by atoms with Crippen LogP contribution in [0.3, 0.4) is 0 Å². The number of carbonyl (C=O) groups is 3. The molecule has 69 heavy (non-hydrogen) atoms. The van der Waals surface area contributed by atoms with E-state index >= 15 is 0 Å². The number of nitrogens with zero attached hydrogens (tertiary/aromatic N) is 7. The third-order valence-corrected chi connectivity index (χ3v) is 14.0. The maximum absolute atomic E-state index is 14.7. The van der Waals surface area contributed by atoms with Crippen molar-refractivity contribution in [3.05, 3.63) is 87.3 Å². The molecule has 372 valence electrons. The van der Waals surface area contributed by atoms with E-state index in [-0.39, 0.29) is 68.8 Å². The number of thiazole rings is 1. The van der Waals surface area contributed by atoms with E-state index in [0.717, 1.165) is 47.3 Å². The number of anilines is 2. The first kappa shape index (κ1) is 52.9. The second-order valence-electron chi connectivity index (χ2n) is 17.5. The fraction of sp³-hybridized carbons (Fsp3) is 0.510. The third-order valence-electron chi connectivity index (χ3n) is 12.5. The number of aliphatic imine (C=N–C) groups is 1. The van der Waals surface area contributed by atoms with Crippen molar-refractivity contribution >= 4 is 61.0 Å². The molecule has 2 aromatic carbocycles. The van der Waals surface area contributed by atoms with Gasteiger partial charge in [-0.15, -0.1) is 11.3 Å². The van der Waals surface area contributed by atoms with E-state index in [0.29, 0.717) is 70.2 Å². The quantitative estimate of drug-likeness (QED) is 0.0758. The Bertz CT molecular complexity index is 2460. The number of nitrogens with two attached hydrogens (primary N) is 1. The van der Waals surface area contributed by atoms with Crippen LogP contribution >= 0.6 is 19.9 Å². The van der Waals surface area contributed by atoms with Crippen molar-refractivity contribution < 1.29 is 37.6 Å². The number of carbonyl (C=O) groups excluding carboxylic acids is 3. The van der Waals surface area contributed by atoms with E-state index in [2.05, 4.69) is 63.2 Å².